The molecule has 174 valence electrons. The second kappa shape index (κ2) is 12.7. The van der Waals surface area contributed by atoms with Crippen LogP contribution in [-0.4, -0.2) is 10.8 Å². The van der Waals surface area contributed by atoms with Crippen molar-refractivity contribution in [3.8, 4) is 0 Å². The second-order valence-electron chi connectivity index (χ2n) is 8.40. The fourth-order valence-electron chi connectivity index (χ4n) is 3.70. The van der Waals surface area contributed by atoms with Crippen LogP contribution in [0.5, 0.6) is 0 Å². The van der Waals surface area contributed by atoms with Crippen LogP contribution in [0.25, 0.3) is 0 Å². The van der Waals surface area contributed by atoms with E-state index in [1.165, 1.54) is 11.1 Å². The van der Waals surface area contributed by atoms with E-state index in [-0.39, 0.29) is 15.9 Å². The molecule has 1 N–H and O–H groups in total. The van der Waals surface area contributed by atoms with E-state index in [0.29, 0.717) is 17.5 Å². The van der Waals surface area contributed by atoms with Gasteiger partial charge in [0.25, 0.3) is 0 Å². The third kappa shape index (κ3) is 6.77. The van der Waals surface area contributed by atoms with Crippen molar-refractivity contribution >= 4 is 30.5 Å². The monoisotopic (exact) mass is 561 g/mol. The van der Waals surface area contributed by atoms with Crippen molar-refractivity contribution in [3.63, 3.8) is 0 Å². The third-order valence-corrected chi connectivity index (χ3v) is 5.41. The number of benzene rings is 3. The second-order valence-corrected chi connectivity index (χ2v) is 10.8. The molecule has 0 radical (unpaired) electrons. The summed E-state index contributed by atoms with van der Waals surface area (Å²) in [5.41, 5.74) is 4.58. The van der Waals surface area contributed by atoms with E-state index >= 15 is 0 Å². The quantitative estimate of drug-likeness (QED) is 0.238. The number of hydrogen-bond acceptors (Lipinski definition) is 2. The van der Waals surface area contributed by atoms with Gasteiger partial charge in [-0.2, -0.15) is 0 Å². The Hall–Kier alpha value is -1.47. The third-order valence-electron chi connectivity index (χ3n) is 5.41. The Bertz CT molecular complexity index is 976. The SMILES string of the molecule is CC(C)c1cccc(C(C)C)c1N=C(c1ccccc1)C(C)(O)c1ccccc1.[Cl][Pd][Cl]. The number of hydrogen-bond donors (Lipinski definition) is 1. The van der Waals surface area contributed by atoms with E-state index in [0.717, 1.165) is 16.8 Å². The molecule has 0 amide bonds. The van der Waals surface area contributed by atoms with Crippen molar-refractivity contribution in [2.45, 2.75) is 52.1 Å². The zero-order chi connectivity index (χ0) is 23.7. The average molecular weight is 563 g/mol. The van der Waals surface area contributed by atoms with Crippen molar-refractivity contribution in [1.82, 2.24) is 0 Å². The van der Waals surface area contributed by atoms with Crippen LogP contribution in [0.1, 0.15) is 68.7 Å². The van der Waals surface area contributed by atoms with Gasteiger partial charge >= 0.3 is 35.0 Å². The van der Waals surface area contributed by atoms with Crippen molar-refractivity contribution in [2.24, 2.45) is 4.99 Å². The number of rotatable bonds is 6. The maximum absolute atomic E-state index is 11.7. The molecule has 0 aliphatic rings. The van der Waals surface area contributed by atoms with Gasteiger partial charge in [0.2, 0.25) is 0 Å². The molecule has 5 heteroatoms. The van der Waals surface area contributed by atoms with Crippen LogP contribution in [0, 0.1) is 0 Å². The fourth-order valence-corrected chi connectivity index (χ4v) is 3.70. The van der Waals surface area contributed by atoms with Gasteiger partial charge in [0.05, 0.1) is 11.4 Å². The minimum absolute atomic E-state index is 0.106. The molecule has 0 bridgehead atoms. The maximum atomic E-state index is 11.7. The Morgan fingerprint density at radius 3 is 1.66 bits per heavy atom. The number of halogens is 2. The summed E-state index contributed by atoms with van der Waals surface area (Å²) in [6.07, 6.45) is 0. The molecular formula is C27H31Cl2NOPd. The molecule has 0 saturated carbocycles. The summed E-state index contributed by atoms with van der Waals surface area (Å²) in [6.45, 7) is 10.6. The predicted molar refractivity (Wildman–Crippen MR) is 135 cm³/mol. The van der Waals surface area contributed by atoms with Crippen molar-refractivity contribution in [2.75, 3.05) is 0 Å². The van der Waals surface area contributed by atoms with Gasteiger partial charge in [-0.1, -0.05) is 107 Å². The Morgan fingerprint density at radius 1 is 0.781 bits per heavy atom. The first kappa shape index (κ1) is 26.8. The number of aliphatic hydroxyl groups is 1. The first-order valence-corrected chi connectivity index (χ1v) is 14.6. The minimum atomic E-state index is -1.22. The van der Waals surface area contributed by atoms with Gasteiger partial charge in [0, 0.05) is 0 Å². The Labute approximate surface area is 208 Å². The molecule has 0 spiro atoms. The predicted octanol–water partition coefficient (Wildman–Crippen LogP) is 8.34. The Balaban J connectivity index is 0.00000114. The van der Waals surface area contributed by atoms with Crippen LogP contribution in [0.2, 0.25) is 0 Å². The molecule has 32 heavy (non-hydrogen) atoms. The van der Waals surface area contributed by atoms with E-state index < -0.39 is 5.60 Å². The summed E-state index contributed by atoms with van der Waals surface area (Å²) in [6, 6.07) is 26.2. The summed E-state index contributed by atoms with van der Waals surface area (Å²) >= 11 is -0.106. The summed E-state index contributed by atoms with van der Waals surface area (Å²) < 4.78 is 0. The van der Waals surface area contributed by atoms with Gasteiger partial charge in [-0.25, -0.2) is 4.99 Å². The van der Waals surface area contributed by atoms with Crippen LogP contribution in [0.3, 0.4) is 0 Å². The average Bonchev–Trinajstić information content (AvgIpc) is 2.78. The van der Waals surface area contributed by atoms with Gasteiger partial charge in [-0.15, -0.1) is 0 Å². The Morgan fingerprint density at radius 2 is 1.22 bits per heavy atom. The van der Waals surface area contributed by atoms with Crippen molar-refractivity contribution < 1.29 is 21.0 Å². The first-order chi connectivity index (χ1) is 15.2. The normalized spacial score (nSPS) is 13.6. The summed E-state index contributed by atoms with van der Waals surface area (Å²) in [5.74, 6) is 0.678. The molecule has 3 aromatic carbocycles. The summed E-state index contributed by atoms with van der Waals surface area (Å²) in [7, 11) is 9.63. The zero-order valence-corrected chi connectivity index (χ0v) is 22.2. The van der Waals surface area contributed by atoms with E-state index in [9.17, 15) is 5.11 Å². The van der Waals surface area contributed by atoms with Crippen LogP contribution in [0.4, 0.5) is 5.69 Å². The van der Waals surface area contributed by atoms with E-state index in [4.69, 9.17) is 24.1 Å². The topological polar surface area (TPSA) is 32.6 Å². The molecule has 0 fully saturated rings. The molecular weight excluding hydrogens is 532 g/mol. The van der Waals surface area contributed by atoms with Gasteiger partial charge in [-0.05, 0) is 41.0 Å². The fraction of sp³-hybridized carbons (Fsp3) is 0.296. The molecule has 0 aliphatic carbocycles. The van der Waals surface area contributed by atoms with Gasteiger partial charge in [0.1, 0.15) is 5.60 Å². The van der Waals surface area contributed by atoms with Gasteiger partial charge < -0.3 is 5.11 Å². The molecule has 2 nitrogen and oxygen atoms in total. The number of nitrogens with zero attached hydrogens (tertiary/aromatic N) is 1. The van der Waals surface area contributed by atoms with Crippen molar-refractivity contribution in [3.05, 3.63) is 101 Å². The molecule has 3 aromatic rings. The number of aliphatic imine (C=N–C) groups is 1. The van der Waals surface area contributed by atoms with Crippen LogP contribution in [-0.2, 0) is 21.5 Å². The molecule has 1 unspecified atom stereocenters. The molecule has 1 atom stereocenters. The standard InChI is InChI=1S/C27H31NO.2ClH.Pd/c1-19(2)23-17-12-18-24(20(3)4)25(23)28-26(21-13-8-6-9-14-21)27(5,29)22-15-10-7-11-16-22;;;/h6-20,29H,1-5H3;2*1H;/q;;;+2/p-2. The number of para-hydroxylation sites is 1. The van der Waals surface area contributed by atoms with Gasteiger partial charge in [-0.3, -0.25) is 0 Å². The molecule has 0 aliphatic heterocycles. The summed E-state index contributed by atoms with van der Waals surface area (Å²) in [5, 5.41) is 11.7. The van der Waals surface area contributed by atoms with Crippen LogP contribution >= 0.6 is 19.1 Å². The van der Waals surface area contributed by atoms with E-state index in [1.54, 1.807) is 0 Å². The van der Waals surface area contributed by atoms with Crippen LogP contribution < -0.4 is 0 Å². The van der Waals surface area contributed by atoms with Crippen molar-refractivity contribution in [1.29, 1.82) is 0 Å². The molecule has 0 heterocycles. The summed E-state index contributed by atoms with van der Waals surface area (Å²) in [4.78, 5) is 5.19. The first-order valence-electron chi connectivity index (χ1n) is 10.6. The molecule has 0 aromatic heterocycles. The molecule has 3 rings (SSSR count). The van der Waals surface area contributed by atoms with Gasteiger partial charge in [0.15, 0.2) is 0 Å². The van der Waals surface area contributed by atoms with E-state index in [2.05, 4.69) is 45.9 Å². The van der Waals surface area contributed by atoms with E-state index in [1.807, 2.05) is 67.6 Å². The molecule has 0 saturated heterocycles. The zero-order valence-electron chi connectivity index (χ0n) is 19.1. The Kier molecular flexibility index (Phi) is 10.6. The van der Waals surface area contributed by atoms with Crippen LogP contribution in [0.15, 0.2) is 83.9 Å².